The number of thiazole rings is 1. The highest BCUT2D eigenvalue weighted by molar-refractivity contribution is 7.09. The molecule has 0 aliphatic rings. The van der Waals surface area contributed by atoms with Gasteiger partial charge in [-0.1, -0.05) is 0 Å². The first kappa shape index (κ1) is 12.9. The Kier molecular flexibility index (Phi) is 4.71. The van der Waals surface area contributed by atoms with E-state index in [1.54, 1.807) is 5.38 Å². The molecule has 0 aromatic carbocycles. The molecule has 0 saturated carbocycles. The molecule has 0 radical (unpaired) electrons. The summed E-state index contributed by atoms with van der Waals surface area (Å²) in [6, 6.07) is 1.95. The van der Waals surface area contributed by atoms with E-state index < -0.39 is 12.8 Å². The quantitative estimate of drug-likeness (QED) is 0.753. The zero-order chi connectivity index (χ0) is 12.0. The van der Waals surface area contributed by atoms with Crippen molar-refractivity contribution >= 4 is 11.3 Å². The Morgan fingerprint density at radius 3 is 2.88 bits per heavy atom. The lowest BCUT2D eigenvalue weighted by Crippen LogP contribution is -2.17. The summed E-state index contributed by atoms with van der Waals surface area (Å²) < 4.78 is 39.6. The second kappa shape index (κ2) is 5.82. The average Bonchev–Trinajstić information content (AvgIpc) is 2.60. The lowest BCUT2D eigenvalue weighted by atomic mass is 10.4. The molecule has 1 aromatic rings. The molecule has 0 fully saturated rings. The van der Waals surface area contributed by atoms with E-state index in [0.717, 1.165) is 0 Å². The van der Waals surface area contributed by atoms with Crippen LogP contribution in [0, 0.1) is 11.3 Å². The van der Waals surface area contributed by atoms with Crippen molar-refractivity contribution in [3.63, 3.8) is 0 Å². The predicted molar refractivity (Wildman–Crippen MR) is 52.0 cm³/mol. The van der Waals surface area contributed by atoms with Gasteiger partial charge in [-0.05, 0) is 0 Å². The van der Waals surface area contributed by atoms with Crippen LogP contribution in [0.15, 0.2) is 5.38 Å². The lowest BCUT2D eigenvalue weighted by Gasteiger charge is -2.05. The molecule has 0 bridgehead atoms. The number of halogens is 3. The molecular formula is C9H9F3N2OS. The molecule has 1 heterocycles. The summed E-state index contributed by atoms with van der Waals surface area (Å²) in [5.41, 5.74) is 0.651. The minimum absolute atomic E-state index is 0.0149. The number of aromatic nitrogens is 1. The Morgan fingerprint density at radius 1 is 1.50 bits per heavy atom. The molecule has 0 spiro atoms. The molecule has 1 rings (SSSR count). The Morgan fingerprint density at radius 2 is 2.25 bits per heavy atom. The van der Waals surface area contributed by atoms with E-state index in [4.69, 9.17) is 5.26 Å². The van der Waals surface area contributed by atoms with Gasteiger partial charge in [0.05, 0.1) is 29.8 Å². The molecule has 1 aromatic heterocycles. The van der Waals surface area contributed by atoms with Crippen LogP contribution in [0.25, 0.3) is 0 Å². The van der Waals surface area contributed by atoms with Crippen molar-refractivity contribution in [2.24, 2.45) is 0 Å². The first-order chi connectivity index (χ1) is 7.51. The van der Waals surface area contributed by atoms with E-state index in [1.165, 1.54) is 11.3 Å². The molecule has 88 valence electrons. The molecule has 0 atom stereocenters. The third kappa shape index (κ3) is 5.09. The van der Waals surface area contributed by atoms with Gasteiger partial charge in [-0.3, -0.25) is 0 Å². The van der Waals surface area contributed by atoms with E-state index in [-0.39, 0.29) is 13.0 Å². The van der Waals surface area contributed by atoms with Crippen LogP contribution in [0.2, 0.25) is 0 Å². The maximum absolute atomic E-state index is 11.7. The number of hydrogen-bond donors (Lipinski definition) is 0. The second-order valence-corrected chi connectivity index (χ2v) is 3.93. The minimum Gasteiger partial charge on any atom is -0.372 e. The Hall–Kier alpha value is -1.13. The predicted octanol–water partition coefficient (Wildman–Crippen LogP) is 2.33. The zero-order valence-corrected chi connectivity index (χ0v) is 9.07. The molecule has 0 amide bonds. The van der Waals surface area contributed by atoms with Gasteiger partial charge < -0.3 is 4.74 Å². The highest BCUT2D eigenvalue weighted by Crippen LogP contribution is 2.15. The van der Waals surface area contributed by atoms with Crippen LogP contribution in [0.1, 0.15) is 10.7 Å². The number of hydrogen-bond acceptors (Lipinski definition) is 4. The number of alkyl halides is 3. The van der Waals surface area contributed by atoms with Gasteiger partial charge in [0.2, 0.25) is 0 Å². The Labute approximate surface area is 94.5 Å². The fourth-order valence-corrected chi connectivity index (χ4v) is 1.75. The topological polar surface area (TPSA) is 45.9 Å². The van der Waals surface area contributed by atoms with Crippen LogP contribution in [-0.2, 0) is 17.6 Å². The van der Waals surface area contributed by atoms with Gasteiger partial charge in [0.1, 0.15) is 6.61 Å². The van der Waals surface area contributed by atoms with Crippen molar-refractivity contribution in [3.8, 4) is 6.07 Å². The van der Waals surface area contributed by atoms with Crippen molar-refractivity contribution in [2.75, 3.05) is 13.2 Å². The van der Waals surface area contributed by atoms with E-state index in [1.807, 2.05) is 6.07 Å². The van der Waals surface area contributed by atoms with Gasteiger partial charge in [0, 0.05) is 11.8 Å². The van der Waals surface area contributed by atoms with E-state index in [9.17, 15) is 13.2 Å². The van der Waals surface area contributed by atoms with Gasteiger partial charge in [0.15, 0.2) is 0 Å². The largest absolute Gasteiger partial charge is 0.411 e. The van der Waals surface area contributed by atoms with Gasteiger partial charge in [-0.2, -0.15) is 18.4 Å². The molecule has 0 aliphatic carbocycles. The van der Waals surface area contributed by atoms with Crippen LogP contribution in [0.5, 0.6) is 0 Å². The lowest BCUT2D eigenvalue weighted by molar-refractivity contribution is -0.173. The van der Waals surface area contributed by atoms with Crippen molar-refractivity contribution in [3.05, 3.63) is 16.1 Å². The molecule has 7 heteroatoms. The standard InChI is InChI=1S/C9H9F3N2OS/c10-9(11,12)6-15-4-2-8-14-7(1-3-13)5-16-8/h5H,1-2,4,6H2. The maximum atomic E-state index is 11.7. The smallest absolute Gasteiger partial charge is 0.372 e. The second-order valence-electron chi connectivity index (χ2n) is 2.99. The van der Waals surface area contributed by atoms with Crippen molar-refractivity contribution in [2.45, 2.75) is 19.0 Å². The summed E-state index contributed by atoms with van der Waals surface area (Å²) in [5.74, 6) is 0. The van der Waals surface area contributed by atoms with Crippen LogP contribution in [0.4, 0.5) is 13.2 Å². The number of rotatable bonds is 5. The summed E-state index contributed by atoms with van der Waals surface area (Å²) in [6.45, 7) is -1.25. The molecule has 16 heavy (non-hydrogen) atoms. The molecule has 0 aliphatic heterocycles. The monoisotopic (exact) mass is 250 g/mol. The molecule has 0 unspecified atom stereocenters. The van der Waals surface area contributed by atoms with Crippen LogP contribution < -0.4 is 0 Å². The average molecular weight is 250 g/mol. The van der Waals surface area contributed by atoms with E-state index in [2.05, 4.69) is 9.72 Å². The summed E-state index contributed by atoms with van der Waals surface area (Å²) in [5, 5.41) is 10.8. The molecule has 3 nitrogen and oxygen atoms in total. The van der Waals surface area contributed by atoms with Gasteiger partial charge >= 0.3 is 6.18 Å². The Balaban J connectivity index is 2.25. The fraction of sp³-hybridized carbons (Fsp3) is 0.556. The van der Waals surface area contributed by atoms with E-state index in [0.29, 0.717) is 17.1 Å². The molecule has 0 saturated heterocycles. The van der Waals surface area contributed by atoms with Crippen LogP contribution in [-0.4, -0.2) is 24.4 Å². The Bertz CT molecular complexity index is 370. The van der Waals surface area contributed by atoms with Crippen molar-refractivity contribution in [1.29, 1.82) is 5.26 Å². The summed E-state index contributed by atoms with van der Waals surface area (Å²) in [6.07, 6.45) is -3.72. The molecular weight excluding hydrogens is 241 g/mol. The van der Waals surface area contributed by atoms with Gasteiger partial charge in [-0.15, -0.1) is 11.3 Å². The van der Waals surface area contributed by atoms with Crippen molar-refractivity contribution in [1.82, 2.24) is 4.98 Å². The number of ether oxygens (including phenoxy) is 1. The normalized spacial score (nSPS) is 11.4. The molecule has 0 N–H and O–H groups in total. The number of nitrogens with zero attached hydrogens (tertiary/aromatic N) is 2. The van der Waals surface area contributed by atoms with E-state index >= 15 is 0 Å². The van der Waals surface area contributed by atoms with Gasteiger partial charge in [0.25, 0.3) is 0 Å². The third-order valence-electron chi connectivity index (χ3n) is 1.59. The first-order valence-electron chi connectivity index (χ1n) is 4.46. The number of nitriles is 1. The van der Waals surface area contributed by atoms with Crippen LogP contribution >= 0.6 is 11.3 Å². The zero-order valence-electron chi connectivity index (χ0n) is 8.25. The fourth-order valence-electron chi connectivity index (χ4n) is 0.973. The van der Waals surface area contributed by atoms with Crippen LogP contribution in [0.3, 0.4) is 0 Å². The summed E-state index contributed by atoms with van der Waals surface area (Å²) in [4.78, 5) is 4.07. The van der Waals surface area contributed by atoms with Crippen molar-refractivity contribution < 1.29 is 17.9 Å². The highest BCUT2D eigenvalue weighted by Gasteiger charge is 2.27. The summed E-state index contributed by atoms with van der Waals surface area (Å²) in [7, 11) is 0. The van der Waals surface area contributed by atoms with Gasteiger partial charge in [-0.25, -0.2) is 4.98 Å². The first-order valence-corrected chi connectivity index (χ1v) is 5.34. The maximum Gasteiger partial charge on any atom is 0.411 e. The SMILES string of the molecule is N#CCc1csc(CCOCC(F)(F)F)n1. The third-order valence-corrected chi connectivity index (χ3v) is 2.54. The minimum atomic E-state index is -4.28. The summed E-state index contributed by atoms with van der Waals surface area (Å²) >= 11 is 1.32. The highest BCUT2D eigenvalue weighted by atomic mass is 32.1.